The third-order valence-electron chi connectivity index (χ3n) is 3.59. The molecule has 2 N–H and O–H groups in total. The second-order valence-corrected chi connectivity index (χ2v) is 5.24. The third-order valence-corrected chi connectivity index (χ3v) is 3.59. The molecule has 22 heavy (non-hydrogen) atoms. The number of carbonyl (C=O) groups excluding carboxylic acids is 2. The van der Waals surface area contributed by atoms with Crippen molar-refractivity contribution in [1.82, 2.24) is 14.8 Å². The molecule has 1 aromatic heterocycles. The van der Waals surface area contributed by atoms with Crippen LogP contribution in [0.3, 0.4) is 0 Å². The number of rotatable bonds is 4. The zero-order chi connectivity index (χ0) is 15.7. The first-order valence-corrected chi connectivity index (χ1v) is 7.19. The van der Waals surface area contributed by atoms with Crippen LogP contribution in [-0.4, -0.2) is 26.6 Å². The molecule has 7 heteroatoms. The molecule has 3 rings (SSSR count). The minimum Gasteiger partial charge on any atom is -0.326 e. The van der Waals surface area contributed by atoms with Gasteiger partial charge in [-0.3, -0.25) is 14.9 Å². The van der Waals surface area contributed by atoms with Crippen molar-refractivity contribution in [2.75, 3.05) is 10.6 Å². The number of hydrogen-bond acceptors (Lipinski definition) is 4. The number of aromatic nitrogens is 3. The Kier molecular flexibility index (Phi) is 3.62. The SMILES string of the molecule is CCc1ccc(NC(=O)CC2C(=O)Nc3nc(C)nn32)cc1. The number of anilines is 2. The highest BCUT2D eigenvalue weighted by atomic mass is 16.2. The van der Waals surface area contributed by atoms with Crippen molar-refractivity contribution >= 4 is 23.5 Å². The Hall–Kier alpha value is -2.70. The van der Waals surface area contributed by atoms with Crippen molar-refractivity contribution in [2.45, 2.75) is 32.7 Å². The van der Waals surface area contributed by atoms with E-state index in [1.807, 2.05) is 24.3 Å². The fourth-order valence-electron chi connectivity index (χ4n) is 2.43. The molecule has 2 heterocycles. The van der Waals surface area contributed by atoms with Gasteiger partial charge in [-0.05, 0) is 31.0 Å². The van der Waals surface area contributed by atoms with Gasteiger partial charge >= 0.3 is 0 Å². The lowest BCUT2D eigenvalue weighted by molar-refractivity contribution is -0.123. The first-order valence-electron chi connectivity index (χ1n) is 7.19. The lowest BCUT2D eigenvalue weighted by atomic mass is 10.1. The molecule has 0 radical (unpaired) electrons. The van der Waals surface area contributed by atoms with E-state index < -0.39 is 6.04 Å². The Bertz CT molecular complexity index is 720. The Balaban J connectivity index is 1.67. The molecular weight excluding hydrogens is 282 g/mol. The van der Waals surface area contributed by atoms with Crippen LogP contribution in [0.25, 0.3) is 0 Å². The molecule has 2 aromatic rings. The highest BCUT2D eigenvalue weighted by Crippen LogP contribution is 2.25. The van der Waals surface area contributed by atoms with Gasteiger partial charge in [0.15, 0.2) is 0 Å². The Morgan fingerprint density at radius 3 is 2.77 bits per heavy atom. The fraction of sp³-hybridized carbons (Fsp3) is 0.333. The molecule has 0 aliphatic carbocycles. The van der Waals surface area contributed by atoms with Gasteiger partial charge in [0, 0.05) is 5.69 Å². The van der Waals surface area contributed by atoms with Crippen LogP contribution >= 0.6 is 0 Å². The highest BCUT2D eigenvalue weighted by molar-refractivity contribution is 6.00. The van der Waals surface area contributed by atoms with Crippen LogP contribution < -0.4 is 10.6 Å². The molecule has 0 spiro atoms. The standard InChI is InChI=1S/C15H17N5O2/c1-3-10-4-6-11(7-5-10)17-13(21)8-12-14(22)18-15-16-9(2)19-20(12)15/h4-7,12H,3,8H2,1-2H3,(H,17,21)(H,16,18,19,22). The normalized spacial score (nSPS) is 16.3. The van der Waals surface area contributed by atoms with Crippen LogP contribution in [-0.2, 0) is 16.0 Å². The topological polar surface area (TPSA) is 88.9 Å². The summed E-state index contributed by atoms with van der Waals surface area (Å²) in [5.41, 5.74) is 1.92. The summed E-state index contributed by atoms with van der Waals surface area (Å²) >= 11 is 0. The van der Waals surface area contributed by atoms with E-state index in [4.69, 9.17) is 0 Å². The van der Waals surface area contributed by atoms with Gasteiger partial charge in [-0.15, -0.1) is 0 Å². The third kappa shape index (κ3) is 2.69. The predicted octanol–water partition coefficient (Wildman–Crippen LogP) is 1.67. The van der Waals surface area contributed by atoms with E-state index in [0.29, 0.717) is 11.8 Å². The number of carbonyl (C=O) groups is 2. The molecule has 0 saturated carbocycles. The van der Waals surface area contributed by atoms with Gasteiger partial charge in [-0.1, -0.05) is 19.1 Å². The average molecular weight is 299 g/mol. The summed E-state index contributed by atoms with van der Waals surface area (Å²) in [6.07, 6.45) is 0.974. The maximum Gasteiger partial charge on any atom is 0.252 e. The number of aryl methyl sites for hydroxylation is 2. The number of hydrogen-bond donors (Lipinski definition) is 2. The first kappa shape index (κ1) is 14.2. The van der Waals surface area contributed by atoms with E-state index in [9.17, 15) is 9.59 Å². The van der Waals surface area contributed by atoms with Gasteiger partial charge in [0.1, 0.15) is 11.9 Å². The number of fused-ring (bicyclic) bond motifs is 1. The fourth-order valence-corrected chi connectivity index (χ4v) is 2.43. The number of nitrogens with zero attached hydrogens (tertiary/aromatic N) is 3. The molecule has 0 saturated heterocycles. The molecule has 1 aromatic carbocycles. The number of amides is 2. The Morgan fingerprint density at radius 2 is 2.09 bits per heavy atom. The number of nitrogens with one attached hydrogen (secondary N) is 2. The van der Waals surface area contributed by atoms with Crippen molar-refractivity contribution in [3.05, 3.63) is 35.7 Å². The van der Waals surface area contributed by atoms with Crippen molar-refractivity contribution in [3.63, 3.8) is 0 Å². The van der Waals surface area contributed by atoms with E-state index in [1.165, 1.54) is 10.2 Å². The van der Waals surface area contributed by atoms with Crippen molar-refractivity contribution in [1.29, 1.82) is 0 Å². The molecule has 114 valence electrons. The maximum atomic E-state index is 12.1. The second kappa shape index (κ2) is 5.59. The van der Waals surface area contributed by atoms with E-state index in [1.54, 1.807) is 6.92 Å². The molecule has 0 fully saturated rings. The molecule has 7 nitrogen and oxygen atoms in total. The lowest BCUT2D eigenvalue weighted by Crippen LogP contribution is -2.23. The van der Waals surface area contributed by atoms with Crippen LogP contribution in [0.5, 0.6) is 0 Å². The summed E-state index contributed by atoms with van der Waals surface area (Å²) in [6.45, 7) is 3.81. The monoisotopic (exact) mass is 299 g/mol. The smallest absolute Gasteiger partial charge is 0.252 e. The molecule has 1 aliphatic heterocycles. The van der Waals surface area contributed by atoms with Crippen molar-refractivity contribution < 1.29 is 9.59 Å². The van der Waals surface area contributed by atoms with Crippen LogP contribution in [0.15, 0.2) is 24.3 Å². The van der Waals surface area contributed by atoms with Gasteiger partial charge in [0.05, 0.1) is 6.42 Å². The molecule has 1 unspecified atom stereocenters. The number of benzene rings is 1. The van der Waals surface area contributed by atoms with E-state index in [2.05, 4.69) is 27.6 Å². The maximum absolute atomic E-state index is 12.1. The second-order valence-electron chi connectivity index (χ2n) is 5.24. The first-order chi connectivity index (χ1) is 10.6. The minimum atomic E-state index is -0.647. The van der Waals surface area contributed by atoms with Gasteiger partial charge < -0.3 is 5.32 Å². The molecule has 1 atom stereocenters. The van der Waals surface area contributed by atoms with E-state index in [-0.39, 0.29) is 18.2 Å². The average Bonchev–Trinajstić information content (AvgIpc) is 2.97. The van der Waals surface area contributed by atoms with Gasteiger partial charge in [0.2, 0.25) is 11.9 Å². The molecule has 0 bridgehead atoms. The summed E-state index contributed by atoms with van der Waals surface area (Å²) in [4.78, 5) is 28.1. The Morgan fingerprint density at radius 1 is 1.36 bits per heavy atom. The zero-order valence-electron chi connectivity index (χ0n) is 12.5. The van der Waals surface area contributed by atoms with Crippen LogP contribution in [0.2, 0.25) is 0 Å². The minimum absolute atomic E-state index is 0.0250. The van der Waals surface area contributed by atoms with Crippen molar-refractivity contribution in [3.8, 4) is 0 Å². The van der Waals surface area contributed by atoms with Gasteiger partial charge in [0.25, 0.3) is 5.91 Å². The lowest BCUT2D eigenvalue weighted by Gasteiger charge is -2.10. The van der Waals surface area contributed by atoms with Crippen molar-refractivity contribution in [2.24, 2.45) is 0 Å². The van der Waals surface area contributed by atoms with Crippen LogP contribution in [0.4, 0.5) is 11.6 Å². The quantitative estimate of drug-likeness (QED) is 0.898. The molecular formula is C15H17N5O2. The Labute approximate surface area is 127 Å². The van der Waals surface area contributed by atoms with Gasteiger partial charge in [-0.2, -0.15) is 10.1 Å². The summed E-state index contributed by atoms with van der Waals surface area (Å²) in [7, 11) is 0. The zero-order valence-corrected chi connectivity index (χ0v) is 12.5. The van der Waals surface area contributed by atoms with Crippen LogP contribution in [0.1, 0.15) is 30.8 Å². The summed E-state index contributed by atoms with van der Waals surface area (Å²) in [5.74, 6) is 0.472. The summed E-state index contributed by atoms with van der Waals surface area (Å²) < 4.78 is 1.47. The largest absolute Gasteiger partial charge is 0.326 e. The summed E-state index contributed by atoms with van der Waals surface area (Å²) in [6, 6.07) is 7.01. The van der Waals surface area contributed by atoms with Crippen LogP contribution in [0, 0.1) is 6.92 Å². The van der Waals surface area contributed by atoms with E-state index in [0.717, 1.165) is 12.1 Å². The highest BCUT2D eigenvalue weighted by Gasteiger charge is 2.34. The molecule has 2 amide bonds. The molecule has 1 aliphatic rings. The van der Waals surface area contributed by atoms with Gasteiger partial charge in [-0.25, -0.2) is 4.68 Å². The predicted molar refractivity (Wildman–Crippen MR) is 81.5 cm³/mol. The van der Waals surface area contributed by atoms with E-state index >= 15 is 0 Å². The summed E-state index contributed by atoms with van der Waals surface area (Å²) in [5, 5.41) is 9.57.